The van der Waals surface area contributed by atoms with Crippen LogP contribution in [0.5, 0.6) is 17.2 Å². The van der Waals surface area contributed by atoms with Crippen molar-refractivity contribution >= 4 is 5.91 Å². The summed E-state index contributed by atoms with van der Waals surface area (Å²) in [7, 11) is 1.57. The van der Waals surface area contributed by atoms with Crippen molar-refractivity contribution in [3.8, 4) is 17.2 Å². The van der Waals surface area contributed by atoms with E-state index in [2.05, 4.69) is 25.2 Å². The van der Waals surface area contributed by atoms with Crippen molar-refractivity contribution in [2.45, 2.75) is 32.8 Å². The third-order valence-corrected chi connectivity index (χ3v) is 3.94. The molecule has 1 atom stereocenters. The van der Waals surface area contributed by atoms with E-state index in [1.165, 1.54) is 0 Å². The van der Waals surface area contributed by atoms with Gasteiger partial charge in [0, 0.05) is 0 Å². The zero-order valence-corrected chi connectivity index (χ0v) is 15.8. The summed E-state index contributed by atoms with van der Waals surface area (Å²) in [6.45, 7) is 6.76. The summed E-state index contributed by atoms with van der Waals surface area (Å²) in [5, 5.41) is 2.83. The van der Waals surface area contributed by atoms with E-state index in [4.69, 9.17) is 14.2 Å². The van der Waals surface area contributed by atoms with E-state index in [1.54, 1.807) is 26.2 Å². The number of methoxy groups -OCH3 is 1. The quantitative estimate of drug-likeness (QED) is 0.694. The molecular formula is C21H27NO4. The summed E-state index contributed by atoms with van der Waals surface area (Å²) in [6, 6.07) is 15.2. The van der Waals surface area contributed by atoms with Crippen molar-refractivity contribution in [2.24, 2.45) is 0 Å². The average molecular weight is 357 g/mol. The van der Waals surface area contributed by atoms with Crippen LogP contribution >= 0.6 is 0 Å². The lowest BCUT2D eigenvalue weighted by molar-refractivity contribution is -0.127. The summed E-state index contributed by atoms with van der Waals surface area (Å²) >= 11 is 0. The minimum atomic E-state index is -0.630. The predicted octanol–water partition coefficient (Wildman–Crippen LogP) is 3.78. The Morgan fingerprint density at radius 1 is 0.962 bits per heavy atom. The standard InChI is InChI=1S/C21H27NO4/c1-15(2)17-9-5-6-10-18(17)25-14-13-22-21(23)16(3)26-20-12-8-7-11-19(20)24-4/h5-12,15-16H,13-14H2,1-4H3,(H,22,23)/t16-/m0/s1. The maximum atomic E-state index is 12.2. The first kappa shape index (κ1) is 19.6. The van der Waals surface area contributed by atoms with Crippen LogP contribution in [0.3, 0.4) is 0 Å². The van der Waals surface area contributed by atoms with Gasteiger partial charge in [0.2, 0.25) is 0 Å². The van der Waals surface area contributed by atoms with Gasteiger partial charge in [-0.15, -0.1) is 0 Å². The Kier molecular flexibility index (Phi) is 7.33. The molecule has 2 aromatic carbocycles. The zero-order chi connectivity index (χ0) is 18.9. The highest BCUT2D eigenvalue weighted by Gasteiger charge is 2.16. The van der Waals surface area contributed by atoms with Crippen LogP contribution in [0.2, 0.25) is 0 Å². The molecular weight excluding hydrogens is 330 g/mol. The summed E-state index contributed by atoms with van der Waals surface area (Å²) in [4.78, 5) is 12.2. The Balaban J connectivity index is 1.80. The number of amides is 1. The van der Waals surface area contributed by atoms with Crippen LogP contribution in [-0.4, -0.2) is 32.3 Å². The van der Waals surface area contributed by atoms with Crippen molar-refractivity contribution in [3.05, 3.63) is 54.1 Å². The number of nitrogens with one attached hydrogen (secondary N) is 1. The van der Waals surface area contributed by atoms with Gasteiger partial charge in [-0.05, 0) is 36.6 Å². The van der Waals surface area contributed by atoms with E-state index in [9.17, 15) is 4.79 Å². The van der Waals surface area contributed by atoms with E-state index in [0.717, 1.165) is 11.3 Å². The monoisotopic (exact) mass is 357 g/mol. The van der Waals surface area contributed by atoms with Crippen LogP contribution in [0.1, 0.15) is 32.3 Å². The Morgan fingerprint density at radius 3 is 2.23 bits per heavy atom. The first-order chi connectivity index (χ1) is 12.5. The average Bonchev–Trinajstić information content (AvgIpc) is 2.65. The number of benzene rings is 2. The molecule has 2 rings (SSSR count). The highest BCUT2D eigenvalue weighted by molar-refractivity contribution is 5.80. The largest absolute Gasteiger partial charge is 0.493 e. The molecule has 0 heterocycles. The lowest BCUT2D eigenvalue weighted by Gasteiger charge is -2.17. The van der Waals surface area contributed by atoms with Gasteiger partial charge in [-0.2, -0.15) is 0 Å². The number of para-hydroxylation sites is 3. The molecule has 0 fully saturated rings. The topological polar surface area (TPSA) is 56.8 Å². The molecule has 0 unspecified atom stereocenters. The second-order valence-electron chi connectivity index (χ2n) is 6.24. The SMILES string of the molecule is COc1ccccc1O[C@@H](C)C(=O)NCCOc1ccccc1C(C)C. The fourth-order valence-electron chi connectivity index (χ4n) is 2.53. The number of rotatable bonds is 9. The summed E-state index contributed by atoms with van der Waals surface area (Å²) in [5.74, 6) is 2.18. The van der Waals surface area contributed by atoms with Gasteiger partial charge in [0.15, 0.2) is 17.6 Å². The molecule has 0 aromatic heterocycles. The molecule has 2 aromatic rings. The smallest absolute Gasteiger partial charge is 0.260 e. The van der Waals surface area contributed by atoms with Gasteiger partial charge in [0.05, 0.1) is 13.7 Å². The summed E-state index contributed by atoms with van der Waals surface area (Å²) < 4.78 is 16.7. The molecule has 0 aliphatic heterocycles. The third-order valence-electron chi connectivity index (χ3n) is 3.94. The lowest BCUT2D eigenvalue weighted by Crippen LogP contribution is -2.38. The Bertz CT molecular complexity index is 715. The maximum absolute atomic E-state index is 12.2. The number of hydrogen-bond acceptors (Lipinski definition) is 4. The fraction of sp³-hybridized carbons (Fsp3) is 0.381. The van der Waals surface area contributed by atoms with Gasteiger partial charge >= 0.3 is 0 Å². The second-order valence-corrected chi connectivity index (χ2v) is 6.24. The molecule has 1 amide bonds. The predicted molar refractivity (Wildman–Crippen MR) is 102 cm³/mol. The molecule has 0 aliphatic carbocycles. The first-order valence-corrected chi connectivity index (χ1v) is 8.82. The maximum Gasteiger partial charge on any atom is 0.260 e. The fourth-order valence-corrected chi connectivity index (χ4v) is 2.53. The van der Waals surface area contributed by atoms with Crippen LogP contribution in [0, 0.1) is 0 Å². The van der Waals surface area contributed by atoms with Gasteiger partial charge in [-0.3, -0.25) is 4.79 Å². The Morgan fingerprint density at radius 2 is 1.58 bits per heavy atom. The van der Waals surface area contributed by atoms with Crippen molar-refractivity contribution in [3.63, 3.8) is 0 Å². The van der Waals surface area contributed by atoms with Crippen molar-refractivity contribution < 1.29 is 19.0 Å². The van der Waals surface area contributed by atoms with Gasteiger partial charge in [0.25, 0.3) is 5.91 Å². The van der Waals surface area contributed by atoms with Gasteiger partial charge in [0.1, 0.15) is 12.4 Å². The van der Waals surface area contributed by atoms with Crippen LogP contribution in [0.25, 0.3) is 0 Å². The number of hydrogen-bond donors (Lipinski definition) is 1. The number of carbonyl (C=O) groups is 1. The van der Waals surface area contributed by atoms with Crippen LogP contribution in [0.15, 0.2) is 48.5 Å². The first-order valence-electron chi connectivity index (χ1n) is 8.82. The molecule has 26 heavy (non-hydrogen) atoms. The minimum Gasteiger partial charge on any atom is -0.493 e. The van der Waals surface area contributed by atoms with Crippen LogP contribution in [0.4, 0.5) is 0 Å². The molecule has 140 valence electrons. The summed E-state index contributed by atoms with van der Waals surface area (Å²) in [5.41, 5.74) is 1.16. The van der Waals surface area contributed by atoms with Gasteiger partial charge in [-0.25, -0.2) is 0 Å². The molecule has 5 heteroatoms. The van der Waals surface area contributed by atoms with Crippen molar-refractivity contribution in [1.82, 2.24) is 5.32 Å². The normalized spacial score (nSPS) is 11.7. The van der Waals surface area contributed by atoms with Crippen molar-refractivity contribution in [2.75, 3.05) is 20.3 Å². The van der Waals surface area contributed by atoms with E-state index in [-0.39, 0.29) is 5.91 Å². The molecule has 0 saturated heterocycles. The van der Waals surface area contributed by atoms with E-state index >= 15 is 0 Å². The highest BCUT2D eigenvalue weighted by Crippen LogP contribution is 2.27. The third kappa shape index (κ3) is 5.41. The molecule has 1 N–H and O–H groups in total. The van der Waals surface area contributed by atoms with Crippen LogP contribution in [-0.2, 0) is 4.79 Å². The summed E-state index contributed by atoms with van der Waals surface area (Å²) in [6.07, 6.45) is -0.630. The van der Waals surface area contributed by atoms with E-state index in [0.29, 0.717) is 30.6 Å². The highest BCUT2D eigenvalue weighted by atomic mass is 16.5. The van der Waals surface area contributed by atoms with Gasteiger partial charge in [-0.1, -0.05) is 44.2 Å². The van der Waals surface area contributed by atoms with Gasteiger partial charge < -0.3 is 19.5 Å². The van der Waals surface area contributed by atoms with E-state index < -0.39 is 6.10 Å². The second kappa shape index (κ2) is 9.70. The number of ether oxygens (including phenoxy) is 3. The molecule has 0 spiro atoms. The molecule has 0 aliphatic rings. The van der Waals surface area contributed by atoms with Crippen molar-refractivity contribution in [1.29, 1.82) is 0 Å². The minimum absolute atomic E-state index is 0.198. The Labute approximate surface area is 155 Å². The zero-order valence-electron chi connectivity index (χ0n) is 15.8. The molecule has 0 saturated carbocycles. The lowest BCUT2D eigenvalue weighted by atomic mass is 10.0. The van der Waals surface area contributed by atoms with E-state index in [1.807, 2.05) is 30.3 Å². The molecule has 5 nitrogen and oxygen atoms in total. The Hall–Kier alpha value is -2.69. The molecule has 0 radical (unpaired) electrons. The molecule has 0 bridgehead atoms. The van der Waals surface area contributed by atoms with Crippen LogP contribution < -0.4 is 19.5 Å². The number of carbonyl (C=O) groups excluding carboxylic acids is 1.